The van der Waals surface area contributed by atoms with E-state index in [0.29, 0.717) is 5.92 Å². The highest BCUT2D eigenvalue weighted by Gasteiger charge is 2.33. The van der Waals surface area contributed by atoms with Crippen LogP contribution in [0.4, 0.5) is 0 Å². The van der Waals surface area contributed by atoms with Gasteiger partial charge in [-0.3, -0.25) is 4.79 Å². The first-order chi connectivity index (χ1) is 6.16. The lowest BCUT2D eigenvalue weighted by atomic mass is 9.87. The van der Waals surface area contributed by atoms with Crippen LogP contribution in [0.15, 0.2) is 0 Å². The average Bonchev–Trinajstić information content (AvgIpc) is 2.16. The number of hydrogen-bond acceptors (Lipinski definition) is 2. The van der Waals surface area contributed by atoms with Gasteiger partial charge in [0.05, 0.1) is 12.0 Å². The third kappa shape index (κ3) is 2.44. The van der Waals surface area contributed by atoms with Crippen LogP contribution in [0.1, 0.15) is 26.7 Å². The lowest BCUT2D eigenvalue weighted by Gasteiger charge is -2.33. The summed E-state index contributed by atoms with van der Waals surface area (Å²) in [5.74, 6) is 0.597. The van der Waals surface area contributed by atoms with E-state index in [1.807, 2.05) is 0 Å². The molecule has 1 saturated heterocycles. The van der Waals surface area contributed by atoms with Crippen LogP contribution in [0.2, 0.25) is 0 Å². The second kappa shape index (κ2) is 4.61. The van der Waals surface area contributed by atoms with Crippen molar-refractivity contribution in [1.82, 2.24) is 5.32 Å². The topological polar surface area (TPSA) is 38.3 Å². The SMILES string of the molecule is CNC(=O)C1CCCOC1C(C)C. The van der Waals surface area contributed by atoms with E-state index in [4.69, 9.17) is 4.74 Å². The molecule has 2 atom stereocenters. The van der Waals surface area contributed by atoms with Gasteiger partial charge < -0.3 is 10.1 Å². The van der Waals surface area contributed by atoms with Crippen LogP contribution in [-0.2, 0) is 9.53 Å². The first-order valence-corrected chi connectivity index (χ1v) is 5.00. The Bertz CT molecular complexity index is 180. The Balaban J connectivity index is 2.61. The Morgan fingerprint density at radius 1 is 1.54 bits per heavy atom. The molecule has 0 aliphatic carbocycles. The minimum Gasteiger partial charge on any atom is -0.377 e. The minimum atomic E-state index is 0.0544. The van der Waals surface area contributed by atoms with Gasteiger partial charge in [0, 0.05) is 13.7 Å². The fourth-order valence-corrected chi connectivity index (χ4v) is 1.93. The van der Waals surface area contributed by atoms with Crippen LogP contribution < -0.4 is 5.32 Å². The van der Waals surface area contributed by atoms with Gasteiger partial charge in [-0.2, -0.15) is 0 Å². The number of carbonyl (C=O) groups is 1. The van der Waals surface area contributed by atoms with Crippen LogP contribution >= 0.6 is 0 Å². The predicted molar refractivity (Wildman–Crippen MR) is 51.4 cm³/mol. The fraction of sp³-hybridized carbons (Fsp3) is 0.900. The van der Waals surface area contributed by atoms with Crippen LogP contribution in [-0.4, -0.2) is 25.7 Å². The van der Waals surface area contributed by atoms with Crippen molar-refractivity contribution >= 4 is 5.91 Å². The molecule has 1 amide bonds. The van der Waals surface area contributed by atoms with Gasteiger partial charge in [0.15, 0.2) is 0 Å². The molecule has 0 bridgehead atoms. The Kier molecular flexibility index (Phi) is 3.72. The molecule has 1 rings (SSSR count). The first kappa shape index (κ1) is 10.5. The van der Waals surface area contributed by atoms with E-state index in [1.54, 1.807) is 7.05 Å². The maximum atomic E-state index is 11.5. The Morgan fingerprint density at radius 3 is 2.77 bits per heavy atom. The molecule has 0 aromatic rings. The first-order valence-electron chi connectivity index (χ1n) is 5.00. The van der Waals surface area contributed by atoms with E-state index < -0.39 is 0 Å². The van der Waals surface area contributed by atoms with Crippen molar-refractivity contribution in [1.29, 1.82) is 0 Å². The Morgan fingerprint density at radius 2 is 2.23 bits per heavy atom. The van der Waals surface area contributed by atoms with Gasteiger partial charge in [-0.25, -0.2) is 0 Å². The van der Waals surface area contributed by atoms with Crippen molar-refractivity contribution in [2.24, 2.45) is 11.8 Å². The zero-order valence-electron chi connectivity index (χ0n) is 8.67. The summed E-state index contributed by atoms with van der Waals surface area (Å²) in [5, 5.41) is 2.70. The van der Waals surface area contributed by atoms with E-state index in [9.17, 15) is 4.79 Å². The van der Waals surface area contributed by atoms with E-state index in [-0.39, 0.29) is 17.9 Å². The number of carbonyl (C=O) groups excluding carboxylic acids is 1. The molecule has 0 radical (unpaired) electrons. The normalized spacial score (nSPS) is 28.9. The van der Waals surface area contributed by atoms with Gasteiger partial charge in [-0.05, 0) is 18.8 Å². The molecule has 76 valence electrons. The molecule has 1 aliphatic rings. The summed E-state index contributed by atoms with van der Waals surface area (Å²) < 4.78 is 5.61. The summed E-state index contributed by atoms with van der Waals surface area (Å²) in [6.07, 6.45) is 2.07. The monoisotopic (exact) mass is 185 g/mol. The summed E-state index contributed by atoms with van der Waals surface area (Å²) >= 11 is 0. The second-order valence-electron chi connectivity index (χ2n) is 3.94. The van der Waals surface area contributed by atoms with Crippen molar-refractivity contribution in [2.45, 2.75) is 32.8 Å². The van der Waals surface area contributed by atoms with Crippen molar-refractivity contribution < 1.29 is 9.53 Å². The maximum absolute atomic E-state index is 11.5. The number of ether oxygens (including phenoxy) is 1. The summed E-state index contributed by atoms with van der Waals surface area (Å²) in [6, 6.07) is 0. The summed E-state index contributed by atoms with van der Waals surface area (Å²) in [7, 11) is 1.69. The highest BCUT2D eigenvalue weighted by Crippen LogP contribution is 2.26. The van der Waals surface area contributed by atoms with Crippen LogP contribution in [0.25, 0.3) is 0 Å². The molecule has 0 saturated carbocycles. The minimum absolute atomic E-state index is 0.0544. The molecule has 2 unspecified atom stereocenters. The molecule has 0 aromatic carbocycles. The molecular weight excluding hydrogens is 166 g/mol. The molecule has 1 N–H and O–H groups in total. The number of amides is 1. The summed E-state index contributed by atoms with van der Waals surface area (Å²) in [6.45, 7) is 5.01. The van der Waals surface area contributed by atoms with Crippen molar-refractivity contribution in [3.05, 3.63) is 0 Å². The van der Waals surface area contributed by atoms with Crippen molar-refractivity contribution in [3.63, 3.8) is 0 Å². The smallest absolute Gasteiger partial charge is 0.225 e. The Hall–Kier alpha value is -0.570. The third-order valence-electron chi connectivity index (χ3n) is 2.61. The van der Waals surface area contributed by atoms with E-state index >= 15 is 0 Å². The average molecular weight is 185 g/mol. The molecule has 0 aromatic heterocycles. The van der Waals surface area contributed by atoms with Crippen molar-refractivity contribution in [2.75, 3.05) is 13.7 Å². The highest BCUT2D eigenvalue weighted by molar-refractivity contribution is 5.79. The molecule has 13 heavy (non-hydrogen) atoms. The highest BCUT2D eigenvalue weighted by atomic mass is 16.5. The number of rotatable bonds is 2. The van der Waals surface area contributed by atoms with Crippen LogP contribution in [0.5, 0.6) is 0 Å². The Labute approximate surface area is 79.8 Å². The van der Waals surface area contributed by atoms with Gasteiger partial charge in [0.2, 0.25) is 5.91 Å². The lowest BCUT2D eigenvalue weighted by Crippen LogP contribution is -2.42. The number of nitrogens with one attached hydrogen (secondary N) is 1. The quantitative estimate of drug-likeness (QED) is 0.701. The molecule has 1 aliphatic heterocycles. The fourth-order valence-electron chi connectivity index (χ4n) is 1.93. The number of hydrogen-bond donors (Lipinski definition) is 1. The van der Waals surface area contributed by atoms with Crippen molar-refractivity contribution in [3.8, 4) is 0 Å². The largest absolute Gasteiger partial charge is 0.377 e. The van der Waals surface area contributed by atoms with E-state index in [2.05, 4.69) is 19.2 Å². The summed E-state index contributed by atoms with van der Waals surface area (Å²) in [4.78, 5) is 11.5. The van der Waals surface area contributed by atoms with Crippen LogP contribution in [0, 0.1) is 11.8 Å². The van der Waals surface area contributed by atoms with Crippen LogP contribution in [0.3, 0.4) is 0 Å². The lowest BCUT2D eigenvalue weighted by molar-refractivity contribution is -0.136. The zero-order chi connectivity index (χ0) is 9.84. The predicted octanol–water partition coefficient (Wildman–Crippen LogP) is 1.18. The van der Waals surface area contributed by atoms with E-state index in [0.717, 1.165) is 19.4 Å². The molecule has 1 heterocycles. The zero-order valence-corrected chi connectivity index (χ0v) is 8.67. The van der Waals surface area contributed by atoms with E-state index in [1.165, 1.54) is 0 Å². The molecule has 1 fully saturated rings. The van der Waals surface area contributed by atoms with Gasteiger partial charge in [0.1, 0.15) is 0 Å². The summed E-state index contributed by atoms with van der Waals surface area (Å²) in [5.41, 5.74) is 0. The molecule has 3 nitrogen and oxygen atoms in total. The van der Waals surface area contributed by atoms with Gasteiger partial charge in [-0.1, -0.05) is 13.8 Å². The molecule has 3 heteroatoms. The van der Waals surface area contributed by atoms with Gasteiger partial charge in [-0.15, -0.1) is 0 Å². The second-order valence-corrected chi connectivity index (χ2v) is 3.94. The van der Waals surface area contributed by atoms with Gasteiger partial charge >= 0.3 is 0 Å². The maximum Gasteiger partial charge on any atom is 0.225 e. The molecular formula is C10H19NO2. The standard InChI is InChI=1S/C10H19NO2/c1-7(2)9-8(10(12)11-3)5-4-6-13-9/h7-9H,4-6H2,1-3H3,(H,11,12). The van der Waals surface area contributed by atoms with Gasteiger partial charge in [0.25, 0.3) is 0 Å². The third-order valence-corrected chi connectivity index (χ3v) is 2.61. The molecule has 0 spiro atoms.